The lowest BCUT2D eigenvalue weighted by atomic mass is 10.0. The van der Waals surface area contributed by atoms with Crippen molar-refractivity contribution in [2.24, 2.45) is 115 Å². The zero-order chi connectivity index (χ0) is 102. The Bertz CT molecular complexity index is 2200. The minimum atomic E-state index is -1.18. The van der Waals surface area contributed by atoms with Crippen LogP contribution in [0.1, 0.15) is 315 Å². The summed E-state index contributed by atoms with van der Waals surface area (Å²) >= 11 is 0. The molecule has 770 valence electrons. The van der Waals surface area contributed by atoms with Crippen molar-refractivity contribution in [3.63, 3.8) is 0 Å². The van der Waals surface area contributed by atoms with Gasteiger partial charge in [0.2, 0.25) is 5.91 Å². The lowest BCUT2D eigenvalue weighted by Gasteiger charge is -2.13. The van der Waals surface area contributed by atoms with Crippen molar-refractivity contribution in [3.8, 4) is 0 Å². The normalized spacial score (nSPS) is 12.8. The van der Waals surface area contributed by atoms with E-state index in [1.807, 2.05) is 0 Å². The molecule has 0 aromatic carbocycles. The van der Waals surface area contributed by atoms with Crippen molar-refractivity contribution < 1.29 is 124 Å². The van der Waals surface area contributed by atoms with Crippen molar-refractivity contribution >= 4 is 77.5 Å². The van der Waals surface area contributed by atoms with Crippen molar-refractivity contribution in [2.75, 3.05) is 65.4 Å². The van der Waals surface area contributed by atoms with Crippen molar-refractivity contribution in [1.29, 1.82) is 0 Å². The molecule has 0 radical (unpaired) electrons. The highest BCUT2D eigenvalue weighted by Gasteiger charge is 2.22. The molecule has 46 nitrogen and oxygen atoms in total. The number of hydrogen-bond acceptors (Lipinski definition) is 33. The summed E-state index contributed by atoms with van der Waals surface area (Å²) in [7, 11) is 0. The molecule has 46 heteroatoms. The Hall–Kier alpha value is -7.69. The molecule has 129 heavy (non-hydrogen) atoms. The van der Waals surface area contributed by atoms with Crippen LogP contribution in [-0.4, -0.2) is 271 Å². The highest BCUT2D eigenvalue weighted by molar-refractivity contribution is 5.84. The number of rotatable bonds is 71. The maximum Gasteiger partial charge on any atom is 0.326 e. The third kappa shape index (κ3) is 134. The number of amides is 1. The predicted molar refractivity (Wildman–Crippen MR) is 501 cm³/mol. The van der Waals surface area contributed by atoms with E-state index in [1.54, 1.807) is 0 Å². The van der Waals surface area contributed by atoms with Gasteiger partial charge < -0.3 is 181 Å². The van der Waals surface area contributed by atoms with Gasteiger partial charge in [0.05, 0.1) is 0 Å². The Labute approximate surface area is 765 Å². The first-order valence-corrected chi connectivity index (χ1v) is 45.4. The second kappa shape index (κ2) is 113. The van der Waals surface area contributed by atoms with E-state index in [1.165, 1.54) is 77.0 Å². The van der Waals surface area contributed by atoms with Crippen LogP contribution < -0.4 is 120 Å². The number of nitrogens with two attached hydrogens (primary N) is 20. The molecule has 0 bridgehead atoms. The van der Waals surface area contributed by atoms with E-state index in [0.29, 0.717) is 136 Å². The lowest BCUT2D eigenvalue weighted by molar-refractivity contribution is -0.143. The van der Waals surface area contributed by atoms with Gasteiger partial charge in [-0.25, -0.2) is 4.79 Å². The number of carboxylic acid groups (broad SMARTS) is 12. The minimum Gasteiger partial charge on any atom is -0.481 e. The van der Waals surface area contributed by atoms with E-state index in [0.717, 1.165) is 148 Å². The summed E-state index contributed by atoms with van der Waals surface area (Å²) < 4.78 is 0. The second-order valence-electron chi connectivity index (χ2n) is 30.4. The summed E-state index contributed by atoms with van der Waals surface area (Å²) in [5.74, 6) is -11.9. The maximum absolute atomic E-state index is 11.8. The average molecular weight is 1880 g/mol. The van der Waals surface area contributed by atoms with Gasteiger partial charge in [0.1, 0.15) is 66.5 Å². The van der Waals surface area contributed by atoms with Crippen LogP contribution in [0.4, 0.5) is 0 Å². The zero-order valence-electron chi connectivity index (χ0n) is 77.6. The number of carbonyl (C=O) groups is 13. The van der Waals surface area contributed by atoms with Gasteiger partial charge in [-0.2, -0.15) is 0 Å². The van der Waals surface area contributed by atoms with Gasteiger partial charge >= 0.3 is 71.6 Å². The summed E-state index contributed by atoms with van der Waals surface area (Å²) in [4.78, 5) is 135. The van der Waals surface area contributed by atoms with E-state index in [4.69, 9.17) is 176 Å². The molecule has 0 heterocycles. The van der Waals surface area contributed by atoms with E-state index in [9.17, 15) is 62.3 Å². The highest BCUT2D eigenvalue weighted by atomic mass is 16.4. The van der Waals surface area contributed by atoms with Crippen LogP contribution in [0.25, 0.3) is 0 Å². The smallest absolute Gasteiger partial charge is 0.326 e. The number of nitrogens with one attached hydrogen (secondary N) is 1. The SMILES string of the molecule is CCCCCCCCCCCCCCCCCC(=O)N[C@@H](CCC(=O)O)C(=O)O.NCCCC[C@H](N)C(=O)O.NCCCC[C@H](N)C(=O)O.NCCCC[C@H](N)C(=O)O.NCCCC[C@H](N)C(=O)O.NCCCC[C@H](N)C(=O)O.NCCCC[C@H](N)C(=O)O.NCCCC[C@H](N)C(=O)O.NCCCC[C@H](N)C(=O)O.NCCCC[C@H](N)C(=O)O.NCCCC[C@H](N)C(=O)O. The molecule has 0 fully saturated rings. The number of hydrogen-bond donors (Lipinski definition) is 33. The number of carbonyl (C=O) groups excluding carboxylic acids is 1. The molecule has 0 aliphatic heterocycles. The molecule has 11 atom stereocenters. The Kier molecular flexibility index (Phi) is 126. The van der Waals surface area contributed by atoms with Gasteiger partial charge in [-0.05, 0) is 207 Å². The molecule has 0 unspecified atom stereocenters. The van der Waals surface area contributed by atoms with Crippen LogP contribution in [0.3, 0.4) is 0 Å². The van der Waals surface area contributed by atoms with Crippen molar-refractivity contribution in [3.05, 3.63) is 0 Å². The number of aliphatic carboxylic acids is 12. The highest BCUT2D eigenvalue weighted by Crippen LogP contribution is 2.15. The Morgan fingerprint density at radius 3 is 0.442 bits per heavy atom. The van der Waals surface area contributed by atoms with Gasteiger partial charge in [0, 0.05) is 12.8 Å². The largest absolute Gasteiger partial charge is 0.481 e. The van der Waals surface area contributed by atoms with Crippen LogP contribution in [0, 0.1) is 0 Å². The lowest BCUT2D eigenvalue weighted by Crippen LogP contribution is -2.41. The van der Waals surface area contributed by atoms with Crippen LogP contribution in [-0.2, 0) is 62.3 Å². The Balaban J connectivity index is -0.000000136. The van der Waals surface area contributed by atoms with Crippen molar-refractivity contribution in [1.82, 2.24) is 5.32 Å². The molecule has 0 aromatic rings. The fourth-order valence-electron chi connectivity index (χ4n) is 9.77. The summed E-state index contributed by atoms with van der Waals surface area (Å²) in [5, 5.41) is 103. The fraction of sp³-hybridized carbons (Fsp3) is 0.843. The van der Waals surface area contributed by atoms with Crippen LogP contribution >= 0.6 is 0 Å². The minimum absolute atomic E-state index is 0.0880. The quantitative estimate of drug-likeness (QED) is 0.0377. The first kappa shape index (κ1) is 144. The summed E-state index contributed by atoms with van der Waals surface area (Å²) in [5.41, 5.74) is 104. The molecule has 0 aliphatic carbocycles. The topological polar surface area (TPSA) is 997 Å². The monoisotopic (exact) mass is 1870 g/mol. The molecule has 0 rings (SSSR count). The maximum atomic E-state index is 11.8. The van der Waals surface area contributed by atoms with E-state index in [2.05, 4.69) is 12.2 Å². The Morgan fingerprint density at radius 1 is 0.186 bits per heavy atom. The molecule has 0 aliphatic rings. The molecular formula is C83H183N21O25. The second-order valence-corrected chi connectivity index (χ2v) is 30.4. The summed E-state index contributed by atoms with van der Waals surface area (Å²) in [6.07, 6.45) is 40.4. The molecule has 0 aromatic heterocycles. The Morgan fingerprint density at radius 2 is 0.326 bits per heavy atom. The van der Waals surface area contributed by atoms with Gasteiger partial charge in [-0.15, -0.1) is 0 Å². The van der Waals surface area contributed by atoms with Gasteiger partial charge in [0.15, 0.2) is 0 Å². The standard InChI is InChI=1S/C23H43NO5.10C6H14N2O2/c1-2-3-4-5-6-7-8-9-10-11-12-13-14-15-16-17-21(25)24-20(23(28)29)18-19-22(26)27;10*7-4-2-1-3-5(8)6(9)10/h20H,2-19H2,1H3,(H,24,25)(H,26,27)(H,28,29);10*5H,1-4,7-8H2,(H,9,10)/t20-;10*5-/m00000000000/s1. The van der Waals surface area contributed by atoms with Crippen molar-refractivity contribution in [2.45, 2.75) is 382 Å². The number of unbranched alkanes of at least 4 members (excludes halogenated alkanes) is 24. The molecular weight excluding hydrogens is 1690 g/mol. The zero-order valence-corrected chi connectivity index (χ0v) is 77.6. The molecule has 0 saturated heterocycles. The summed E-state index contributed by atoms with van der Waals surface area (Å²) in [6.45, 7) is 8.29. The van der Waals surface area contributed by atoms with Crippen LogP contribution in [0.15, 0.2) is 0 Å². The van der Waals surface area contributed by atoms with E-state index in [-0.39, 0.29) is 18.7 Å². The molecule has 0 saturated carbocycles. The first-order chi connectivity index (χ1) is 60.8. The first-order valence-electron chi connectivity index (χ1n) is 45.4. The van der Waals surface area contributed by atoms with Gasteiger partial charge in [-0.1, -0.05) is 161 Å². The third-order valence-electron chi connectivity index (χ3n) is 18.2. The number of carboxylic acids is 12. The van der Waals surface area contributed by atoms with Crippen LogP contribution in [0.2, 0.25) is 0 Å². The summed E-state index contributed by atoms with van der Waals surface area (Å²) in [6, 6.07) is -8.28. The molecule has 53 N–H and O–H groups in total. The molecule has 0 spiro atoms. The third-order valence-corrected chi connectivity index (χ3v) is 18.2. The van der Waals surface area contributed by atoms with E-state index < -0.39 is 138 Å². The van der Waals surface area contributed by atoms with Crippen LogP contribution in [0.5, 0.6) is 0 Å². The fourth-order valence-corrected chi connectivity index (χ4v) is 9.77. The predicted octanol–water partition coefficient (Wildman–Crippen LogP) is 0.955. The average Bonchev–Trinajstić information content (AvgIpc) is 0.931. The molecule has 1 amide bonds. The van der Waals surface area contributed by atoms with Gasteiger partial charge in [-0.3, -0.25) is 57.5 Å². The van der Waals surface area contributed by atoms with E-state index >= 15 is 0 Å². The van der Waals surface area contributed by atoms with Gasteiger partial charge in [0.25, 0.3) is 0 Å².